The van der Waals surface area contributed by atoms with Gasteiger partial charge in [0.05, 0.1) is 22.6 Å². The Morgan fingerprint density at radius 3 is 2.42 bits per heavy atom. The highest BCUT2D eigenvalue weighted by Crippen LogP contribution is 2.46. The molecule has 13 heteroatoms. The number of hydrogen-bond acceptors (Lipinski definition) is 5. The molecule has 0 saturated carbocycles. The molecule has 1 aliphatic heterocycles. The van der Waals surface area contributed by atoms with Crippen LogP contribution in [-0.4, -0.2) is 35.3 Å². The summed E-state index contributed by atoms with van der Waals surface area (Å²) in [5.41, 5.74) is -1.93. The van der Waals surface area contributed by atoms with Crippen molar-refractivity contribution < 1.29 is 26.7 Å². The van der Waals surface area contributed by atoms with Crippen molar-refractivity contribution in [2.75, 3.05) is 11.9 Å². The van der Waals surface area contributed by atoms with Crippen molar-refractivity contribution in [1.29, 1.82) is 0 Å². The fourth-order valence-electron chi connectivity index (χ4n) is 3.73. The molecular weight excluding hydrogens is 521 g/mol. The van der Waals surface area contributed by atoms with Crippen molar-refractivity contribution >= 4 is 36.9 Å². The Hall–Kier alpha value is -2.83. The first kappa shape index (κ1) is 26.2. The molecular formula is C23H23ClF5N5OSi. The second kappa shape index (κ2) is 9.56. The molecule has 0 saturated heterocycles. The number of anilines is 1. The SMILES string of the molecule is Cc1nn(COCC[Si](C)(C)C)c2c1N=C(c1c(F)cccc1F)Nc1c-2cc(Cl)nc1C(F)(F)F. The van der Waals surface area contributed by atoms with Gasteiger partial charge < -0.3 is 10.1 Å². The van der Waals surface area contributed by atoms with Crippen molar-refractivity contribution in [3.8, 4) is 11.3 Å². The average Bonchev–Trinajstić information content (AvgIpc) is 2.94. The molecule has 4 rings (SSSR count). The first-order chi connectivity index (χ1) is 16.8. The van der Waals surface area contributed by atoms with E-state index >= 15 is 0 Å². The lowest BCUT2D eigenvalue weighted by molar-refractivity contribution is -0.140. The highest BCUT2D eigenvalue weighted by Gasteiger charge is 2.40. The molecule has 0 unspecified atom stereocenters. The molecule has 0 amide bonds. The van der Waals surface area contributed by atoms with Crippen molar-refractivity contribution in [2.24, 2.45) is 4.99 Å². The lowest BCUT2D eigenvalue weighted by Crippen LogP contribution is -2.22. The number of aromatic nitrogens is 3. The van der Waals surface area contributed by atoms with Gasteiger partial charge in [0.1, 0.15) is 35.0 Å². The molecule has 3 aromatic rings. The quantitative estimate of drug-likeness (QED) is 0.157. The number of amidine groups is 1. The van der Waals surface area contributed by atoms with E-state index < -0.39 is 53.8 Å². The van der Waals surface area contributed by atoms with E-state index in [1.165, 1.54) is 10.7 Å². The number of pyridine rings is 1. The topological polar surface area (TPSA) is 64.3 Å². The molecule has 6 nitrogen and oxygen atoms in total. The van der Waals surface area contributed by atoms with E-state index in [0.717, 1.165) is 24.2 Å². The predicted molar refractivity (Wildman–Crippen MR) is 130 cm³/mol. The molecule has 1 aromatic carbocycles. The van der Waals surface area contributed by atoms with Gasteiger partial charge >= 0.3 is 6.18 Å². The molecule has 1 N–H and O–H groups in total. The molecule has 0 radical (unpaired) electrons. The summed E-state index contributed by atoms with van der Waals surface area (Å²) >= 11 is 5.99. The summed E-state index contributed by atoms with van der Waals surface area (Å²) in [6.45, 7) is 8.53. The van der Waals surface area contributed by atoms with E-state index in [1.807, 2.05) is 0 Å². The smallest absolute Gasteiger partial charge is 0.360 e. The summed E-state index contributed by atoms with van der Waals surface area (Å²) in [5, 5.41) is 6.47. The van der Waals surface area contributed by atoms with Gasteiger partial charge in [0, 0.05) is 20.2 Å². The number of rotatable bonds is 6. The van der Waals surface area contributed by atoms with Gasteiger partial charge in [0.15, 0.2) is 5.69 Å². The zero-order valence-corrected chi connectivity index (χ0v) is 21.7. The fourth-order valence-corrected chi connectivity index (χ4v) is 4.68. The number of benzene rings is 1. The van der Waals surface area contributed by atoms with Crippen LogP contribution >= 0.6 is 11.6 Å². The molecule has 0 atom stereocenters. The molecule has 36 heavy (non-hydrogen) atoms. The van der Waals surface area contributed by atoms with Crippen molar-refractivity contribution in [2.45, 2.75) is 45.5 Å². The molecule has 0 fully saturated rings. The van der Waals surface area contributed by atoms with Crippen molar-refractivity contribution in [3.05, 3.63) is 58.0 Å². The van der Waals surface area contributed by atoms with Gasteiger partial charge in [-0.2, -0.15) is 18.3 Å². The number of hydrogen-bond donors (Lipinski definition) is 1. The van der Waals surface area contributed by atoms with Crippen LogP contribution in [0.2, 0.25) is 30.8 Å². The third kappa shape index (κ3) is 5.30. The largest absolute Gasteiger partial charge is 0.435 e. The summed E-state index contributed by atoms with van der Waals surface area (Å²) in [6.07, 6.45) is -4.93. The lowest BCUT2D eigenvalue weighted by atomic mass is 10.1. The molecule has 192 valence electrons. The van der Waals surface area contributed by atoms with E-state index in [2.05, 4.69) is 40.0 Å². The Kier molecular flexibility index (Phi) is 6.97. The van der Waals surface area contributed by atoms with Crippen LogP contribution in [0, 0.1) is 18.6 Å². The Labute approximate surface area is 210 Å². The van der Waals surface area contributed by atoms with Crippen molar-refractivity contribution in [3.63, 3.8) is 0 Å². The number of ether oxygens (including phenoxy) is 1. The summed E-state index contributed by atoms with van der Waals surface area (Å²) in [5.74, 6) is -2.45. The molecule has 0 aliphatic carbocycles. The van der Waals surface area contributed by atoms with Crippen LogP contribution in [-0.2, 0) is 17.6 Å². The zero-order chi connectivity index (χ0) is 26.4. The van der Waals surface area contributed by atoms with E-state index in [9.17, 15) is 22.0 Å². The minimum absolute atomic E-state index is 0.0257. The second-order valence-corrected chi connectivity index (χ2v) is 15.5. The number of fused-ring (bicyclic) bond motifs is 3. The molecule has 3 heterocycles. The molecule has 0 bridgehead atoms. The summed E-state index contributed by atoms with van der Waals surface area (Å²) in [6, 6.07) is 5.23. The molecule has 0 spiro atoms. The standard InChI is InChI=1S/C23H23ClF5N5OSi/c1-12-18-20(34(33-12)11-35-8-9-36(2,3)4)13-10-16(24)30-21(23(27,28)29)19(13)32-22(31-18)17-14(25)6-5-7-15(17)26/h5-7,10H,8-9,11H2,1-4H3,(H,31,32). The van der Waals surface area contributed by atoms with Crippen molar-refractivity contribution in [1.82, 2.24) is 14.8 Å². The van der Waals surface area contributed by atoms with Crippen LogP contribution < -0.4 is 5.32 Å². The second-order valence-electron chi connectivity index (χ2n) is 9.53. The predicted octanol–water partition coefficient (Wildman–Crippen LogP) is 7.02. The molecule has 2 aromatic heterocycles. The number of nitrogens with zero attached hydrogens (tertiary/aromatic N) is 4. The Morgan fingerprint density at radius 1 is 1.14 bits per heavy atom. The Morgan fingerprint density at radius 2 is 1.81 bits per heavy atom. The van der Waals surface area contributed by atoms with E-state index in [0.29, 0.717) is 12.3 Å². The first-order valence-electron chi connectivity index (χ1n) is 11.0. The fraction of sp³-hybridized carbons (Fsp3) is 0.348. The maximum Gasteiger partial charge on any atom is 0.435 e. The number of aliphatic imine (C=N–C) groups is 1. The maximum absolute atomic E-state index is 14.7. The third-order valence-corrected chi connectivity index (χ3v) is 7.38. The highest BCUT2D eigenvalue weighted by atomic mass is 35.5. The average molecular weight is 544 g/mol. The summed E-state index contributed by atoms with van der Waals surface area (Å²) < 4.78 is 78.6. The number of alkyl halides is 3. The van der Waals surface area contributed by atoms with Crippen LogP contribution in [0.5, 0.6) is 0 Å². The minimum atomic E-state index is -4.93. The van der Waals surface area contributed by atoms with E-state index in [1.54, 1.807) is 6.92 Å². The highest BCUT2D eigenvalue weighted by molar-refractivity contribution is 6.76. The van der Waals surface area contributed by atoms with Gasteiger partial charge in [-0.05, 0) is 31.2 Å². The summed E-state index contributed by atoms with van der Waals surface area (Å²) in [4.78, 5) is 7.80. The van der Waals surface area contributed by atoms with E-state index in [-0.39, 0.29) is 23.7 Å². The zero-order valence-electron chi connectivity index (χ0n) is 19.9. The van der Waals surface area contributed by atoms with E-state index in [4.69, 9.17) is 16.3 Å². The number of halogens is 6. The number of nitrogens with one attached hydrogen (secondary N) is 1. The normalized spacial score (nSPS) is 13.6. The van der Waals surface area contributed by atoms with Crippen LogP contribution in [0.3, 0.4) is 0 Å². The monoisotopic (exact) mass is 543 g/mol. The van der Waals surface area contributed by atoms with Gasteiger partial charge in [-0.3, -0.25) is 0 Å². The summed E-state index contributed by atoms with van der Waals surface area (Å²) in [7, 11) is -1.39. The Balaban J connectivity index is 1.93. The van der Waals surface area contributed by atoms with Gasteiger partial charge in [0.25, 0.3) is 0 Å². The van der Waals surface area contributed by atoms with Crippen LogP contribution in [0.1, 0.15) is 17.0 Å². The molecule has 1 aliphatic rings. The van der Waals surface area contributed by atoms with Gasteiger partial charge in [-0.15, -0.1) is 0 Å². The van der Waals surface area contributed by atoms with Crippen LogP contribution in [0.25, 0.3) is 11.3 Å². The van der Waals surface area contributed by atoms with Gasteiger partial charge in [-0.25, -0.2) is 23.4 Å². The van der Waals surface area contributed by atoms with Crippen LogP contribution in [0.4, 0.5) is 33.3 Å². The Bertz CT molecular complexity index is 1330. The van der Waals surface area contributed by atoms with Gasteiger partial charge in [0.2, 0.25) is 0 Å². The first-order valence-corrected chi connectivity index (χ1v) is 15.1. The van der Waals surface area contributed by atoms with Crippen LogP contribution in [0.15, 0.2) is 29.3 Å². The lowest BCUT2D eigenvalue weighted by Gasteiger charge is -2.19. The number of aryl methyl sites for hydroxylation is 1. The minimum Gasteiger partial charge on any atom is -0.360 e. The van der Waals surface area contributed by atoms with Gasteiger partial charge in [-0.1, -0.05) is 37.3 Å². The maximum atomic E-state index is 14.7. The third-order valence-electron chi connectivity index (χ3n) is 5.48.